The summed E-state index contributed by atoms with van der Waals surface area (Å²) < 4.78 is 0. The second kappa shape index (κ2) is 7.04. The van der Waals surface area contributed by atoms with Crippen LogP contribution < -0.4 is 5.32 Å². The van der Waals surface area contributed by atoms with E-state index in [-0.39, 0.29) is 11.5 Å². The molecule has 0 unspecified atom stereocenters. The Balaban J connectivity index is 1.86. The lowest BCUT2D eigenvalue weighted by Gasteiger charge is -2.06. The first-order valence-corrected chi connectivity index (χ1v) is 7.66. The van der Waals surface area contributed by atoms with E-state index < -0.39 is 5.97 Å². The van der Waals surface area contributed by atoms with Gasteiger partial charge in [-0.3, -0.25) is 4.79 Å². The van der Waals surface area contributed by atoms with E-state index in [1.165, 1.54) is 11.3 Å². The van der Waals surface area contributed by atoms with Gasteiger partial charge in [0.25, 0.3) is 5.91 Å². The Morgan fingerprint density at radius 2 is 1.90 bits per heavy atom. The number of carbonyl (C=O) groups excluding carboxylic acids is 1. The van der Waals surface area contributed by atoms with Crippen molar-refractivity contribution in [3.63, 3.8) is 0 Å². The summed E-state index contributed by atoms with van der Waals surface area (Å²) in [5, 5.41) is 13.7. The topological polar surface area (TPSA) is 66.4 Å². The fourth-order valence-electron chi connectivity index (χ4n) is 2.03. The van der Waals surface area contributed by atoms with Gasteiger partial charge in [0.15, 0.2) is 0 Å². The van der Waals surface area contributed by atoms with Gasteiger partial charge in [0, 0.05) is 6.54 Å². The van der Waals surface area contributed by atoms with Crippen molar-refractivity contribution in [1.82, 2.24) is 5.32 Å². The number of hydrogen-bond acceptors (Lipinski definition) is 3. The molecule has 2 N–H and O–H groups in total. The third-order valence-corrected chi connectivity index (χ3v) is 4.19. The number of aryl methyl sites for hydroxylation is 1. The van der Waals surface area contributed by atoms with E-state index >= 15 is 0 Å². The molecule has 1 aromatic carbocycles. The molecular formula is C16H17NO3S. The van der Waals surface area contributed by atoms with Gasteiger partial charge in [-0.1, -0.05) is 19.1 Å². The van der Waals surface area contributed by atoms with Crippen LogP contribution in [0, 0.1) is 0 Å². The van der Waals surface area contributed by atoms with Crippen LogP contribution in [0.25, 0.3) is 0 Å². The first-order chi connectivity index (χ1) is 10.1. The molecule has 2 rings (SSSR count). The zero-order chi connectivity index (χ0) is 15.2. The smallest absolute Gasteiger partial charge is 0.335 e. The van der Waals surface area contributed by atoms with Crippen LogP contribution in [0.2, 0.25) is 0 Å². The maximum atomic E-state index is 12.0. The number of hydrogen-bond donors (Lipinski definition) is 2. The molecule has 0 fully saturated rings. The zero-order valence-electron chi connectivity index (χ0n) is 11.8. The molecule has 0 aliphatic carbocycles. The summed E-state index contributed by atoms with van der Waals surface area (Å²) in [7, 11) is 0. The molecule has 0 radical (unpaired) electrons. The lowest BCUT2D eigenvalue weighted by Crippen LogP contribution is -2.25. The molecule has 0 bridgehead atoms. The predicted octanol–water partition coefficient (Wildman–Crippen LogP) is 2.98. The summed E-state index contributed by atoms with van der Waals surface area (Å²) in [6.07, 6.45) is 1.53. The normalized spacial score (nSPS) is 10.3. The van der Waals surface area contributed by atoms with Crippen LogP contribution >= 0.6 is 11.3 Å². The molecule has 5 heteroatoms. The van der Waals surface area contributed by atoms with Gasteiger partial charge in [0.05, 0.1) is 10.4 Å². The van der Waals surface area contributed by atoms with Crippen LogP contribution in [0.1, 0.15) is 38.1 Å². The molecule has 1 amide bonds. The van der Waals surface area contributed by atoms with E-state index in [1.807, 2.05) is 18.4 Å². The molecule has 0 atom stereocenters. The lowest BCUT2D eigenvalue weighted by molar-refractivity contribution is 0.0696. The molecular weight excluding hydrogens is 286 g/mol. The number of carbonyl (C=O) groups is 2. The Morgan fingerprint density at radius 1 is 1.19 bits per heavy atom. The van der Waals surface area contributed by atoms with Crippen molar-refractivity contribution >= 4 is 23.2 Å². The first kappa shape index (κ1) is 15.3. The third-order valence-electron chi connectivity index (χ3n) is 3.23. The van der Waals surface area contributed by atoms with E-state index in [2.05, 4.69) is 5.32 Å². The minimum Gasteiger partial charge on any atom is -0.478 e. The summed E-state index contributed by atoms with van der Waals surface area (Å²) in [4.78, 5) is 23.6. The van der Waals surface area contributed by atoms with Crippen LogP contribution in [0.3, 0.4) is 0 Å². The van der Waals surface area contributed by atoms with Crippen molar-refractivity contribution in [3.05, 3.63) is 57.3 Å². The zero-order valence-corrected chi connectivity index (χ0v) is 12.6. The molecule has 1 heterocycles. The molecule has 21 heavy (non-hydrogen) atoms. The summed E-state index contributed by atoms with van der Waals surface area (Å²) >= 11 is 1.46. The quantitative estimate of drug-likeness (QED) is 0.862. The first-order valence-electron chi connectivity index (χ1n) is 6.78. The molecule has 1 aromatic heterocycles. The second-order valence-electron chi connectivity index (χ2n) is 4.64. The number of nitrogens with one attached hydrogen (secondary N) is 1. The minimum atomic E-state index is -0.931. The Bertz CT molecular complexity index is 631. The van der Waals surface area contributed by atoms with Gasteiger partial charge in [-0.2, -0.15) is 0 Å². The number of aromatic carboxylic acids is 1. The summed E-state index contributed by atoms with van der Waals surface area (Å²) in [5.74, 6) is -0.969. The van der Waals surface area contributed by atoms with Crippen LogP contribution in [0.4, 0.5) is 0 Å². The molecule has 2 aromatic rings. The van der Waals surface area contributed by atoms with E-state index in [4.69, 9.17) is 5.11 Å². The van der Waals surface area contributed by atoms with Crippen molar-refractivity contribution in [1.29, 1.82) is 0 Å². The number of amides is 1. The highest BCUT2D eigenvalue weighted by atomic mass is 32.1. The second-order valence-corrected chi connectivity index (χ2v) is 5.55. The Kier molecular flexibility index (Phi) is 5.11. The SMILES string of the molecule is CCc1ccsc1C(=O)NCCc1ccc(C(=O)O)cc1. The average molecular weight is 303 g/mol. The third kappa shape index (κ3) is 3.92. The van der Waals surface area contributed by atoms with Crippen molar-refractivity contribution in [2.45, 2.75) is 19.8 Å². The Hall–Kier alpha value is -2.14. The molecule has 0 aliphatic heterocycles. The average Bonchev–Trinajstić information content (AvgIpc) is 2.96. The Labute approximate surface area is 127 Å². The van der Waals surface area contributed by atoms with Crippen LogP contribution in [0.5, 0.6) is 0 Å². The summed E-state index contributed by atoms with van der Waals surface area (Å²) in [5.41, 5.74) is 2.35. The van der Waals surface area contributed by atoms with Crippen molar-refractivity contribution < 1.29 is 14.7 Å². The number of rotatable bonds is 6. The molecule has 0 aliphatic rings. The van der Waals surface area contributed by atoms with E-state index in [9.17, 15) is 9.59 Å². The fraction of sp³-hybridized carbons (Fsp3) is 0.250. The van der Waals surface area contributed by atoms with Crippen molar-refractivity contribution in [2.24, 2.45) is 0 Å². The van der Waals surface area contributed by atoms with Gasteiger partial charge in [-0.15, -0.1) is 11.3 Å². The van der Waals surface area contributed by atoms with Gasteiger partial charge < -0.3 is 10.4 Å². The standard InChI is InChI=1S/C16H17NO3S/c1-2-12-8-10-21-14(12)15(18)17-9-7-11-3-5-13(6-4-11)16(19)20/h3-6,8,10H,2,7,9H2,1H3,(H,17,18)(H,19,20). The molecule has 110 valence electrons. The number of thiophene rings is 1. The largest absolute Gasteiger partial charge is 0.478 e. The van der Waals surface area contributed by atoms with Gasteiger partial charge in [0.1, 0.15) is 0 Å². The number of benzene rings is 1. The minimum absolute atomic E-state index is 0.0380. The van der Waals surface area contributed by atoms with E-state index in [0.717, 1.165) is 22.4 Å². The van der Waals surface area contributed by atoms with Crippen molar-refractivity contribution in [2.75, 3.05) is 6.54 Å². The maximum absolute atomic E-state index is 12.0. The van der Waals surface area contributed by atoms with Crippen molar-refractivity contribution in [3.8, 4) is 0 Å². The van der Waals surface area contributed by atoms with Crippen LogP contribution in [-0.4, -0.2) is 23.5 Å². The monoisotopic (exact) mass is 303 g/mol. The lowest BCUT2D eigenvalue weighted by atomic mass is 10.1. The molecule has 4 nitrogen and oxygen atoms in total. The van der Waals surface area contributed by atoms with Gasteiger partial charge in [-0.25, -0.2) is 4.79 Å². The highest BCUT2D eigenvalue weighted by Crippen LogP contribution is 2.17. The van der Waals surface area contributed by atoms with Gasteiger partial charge in [-0.05, 0) is 47.5 Å². The predicted molar refractivity (Wildman–Crippen MR) is 83.1 cm³/mol. The van der Waals surface area contributed by atoms with E-state index in [1.54, 1.807) is 24.3 Å². The molecule has 0 saturated carbocycles. The number of carboxylic acid groups (broad SMARTS) is 1. The van der Waals surface area contributed by atoms with E-state index in [0.29, 0.717) is 13.0 Å². The number of carboxylic acids is 1. The summed E-state index contributed by atoms with van der Waals surface area (Å²) in [6, 6.07) is 8.68. The molecule has 0 saturated heterocycles. The summed E-state index contributed by atoms with van der Waals surface area (Å²) in [6.45, 7) is 2.56. The highest BCUT2D eigenvalue weighted by Gasteiger charge is 2.11. The fourth-order valence-corrected chi connectivity index (χ4v) is 2.94. The Morgan fingerprint density at radius 3 is 2.52 bits per heavy atom. The van der Waals surface area contributed by atoms with Crippen LogP contribution in [-0.2, 0) is 12.8 Å². The highest BCUT2D eigenvalue weighted by molar-refractivity contribution is 7.12. The maximum Gasteiger partial charge on any atom is 0.335 e. The van der Waals surface area contributed by atoms with Gasteiger partial charge in [0.2, 0.25) is 0 Å². The van der Waals surface area contributed by atoms with Gasteiger partial charge >= 0.3 is 5.97 Å². The van der Waals surface area contributed by atoms with Crippen LogP contribution in [0.15, 0.2) is 35.7 Å². The molecule has 0 spiro atoms.